The maximum atomic E-state index is 5.25. The number of pyridine rings is 3. The molecule has 53 heavy (non-hydrogen) atoms. The standard InChI is InChI=1S/C49H31N3S/c1-3-10-30(11-4-1)41-25-20-32-18-19-33-21-26-42(51-48(33)47(32)50-41)36-15-9-14-34(28-36)35-22-27-44-40(29-35)37-23-24-39-45(49(37)53-44)38-16-7-8-17-43(38)52-46(39)31-12-5-2-6-13-31/h1-29,37,49H. The number of allylic oxidation sites excluding steroid dienone is 1. The number of hydrogen-bond acceptors (Lipinski definition) is 4. The van der Waals surface area contributed by atoms with Gasteiger partial charge in [0, 0.05) is 54.5 Å². The number of fused-ring (bicyclic) bond motifs is 10. The van der Waals surface area contributed by atoms with Crippen LogP contribution in [0.4, 0.5) is 0 Å². The van der Waals surface area contributed by atoms with E-state index in [1.807, 2.05) is 17.8 Å². The molecular weight excluding hydrogens is 663 g/mol. The Morgan fingerprint density at radius 1 is 0.472 bits per heavy atom. The monoisotopic (exact) mass is 693 g/mol. The lowest BCUT2D eigenvalue weighted by atomic mass is 9.81. The summed E-state index contributed by atoms with van der Waals surface area (Å²) >= 11 is 1.99. The van der Waals surface area contributed by atoms with Crippen LogP contribution in [-0.2, 0) is 0 Å². The van der Waals surface area contributed by atoms with Crippen molar-refractivity contribution in [3.63, 3.8) is 0 Å². The van der Waals surface area contributed by atoms with E-state index in [9.17, 15) is 0 Å². The first-order chi connectivity index (χ1) is 26.2. The fraction of sp³-hybridized carbons (Fsp3) is 0.0408. The van der Waals surface area contributed by atoms with Crippen molar-refractivity contribution in [2.24, 2.45) is 0 Å². The molecule has 1 aliphatic heterocycles. The first kappa shape index (κ1) is 30.3. The lowest BCUT2D eigenvalue weighted by molar-refractivity contribution is 0.824. The van der Waals surface area contributed by atoms with E-state index in [-0.39, 0.29) is 11.2 Å². The molecule has 11 rings (SSSR count). The summed E-state index contributed by atoms with van der Waals surface area (Å²) in [5, 5.41) is 3.71. The van der Waals surface area contributed by atoms with Gasteiger partial charge in [0.25, 0.3) is 0 Å². The summed E-state index contributed by atoms with van der Waals surface area (Å²) in [6, 6.07) is 58.2. The Morgan fingerprint density at radius 3 is 1.87 bits per heavy atom. The van der Waals surface area contributed by atoms with Gasteiger partial charge in [-0.05, 0) is 58.7 Å². The van der Waals surface area contributed by atoms with Gasteiger partial charge >= 0.3 is 0 Å². The molecule has 3 aromatic heterocycles. The molecule has 0 N–H and O–H groups in total. The van der Waals surface area contributed by atoms with Gasteiger partial charge in [0.1, 0.15) is 0 Å². The SMILES string of the molecule is C1=CC2c3cc(-c4cccc(-c5ccc6ccc7ccc(-c8ccccc8)nc7c6n5)c4)ccc3SC2c2c1c(-c1ccccc1)nc1ccccc21. The van der Waals surface area contributed by atoms with E-state index in [0.717, 1.165) is 61.1 Å². The predicted octanol–water partition coefficient (Wildman–Crippen LogP) is 13.0. The van der Waals surface area contributed by atoms with Crippen LogP contribution in [0, 0.1) is 0 Å². The van der Waals surface area contributed by atoms with Crippen LogP contribution in [0.5, 0.6) is 0 Å². The van der Waals surface area contributed by atoms with Crippen molar-refractivity contribution < 1.29 is 0 Å². The van der Waals surface area contributed by atoms with Crippen molar-refractivity contribution in [3.05, 3.63) is 187 Å². The molecule has 4 heteroatoms. The molecule has 0 saturated carbocycles. The maximum Gasteiger partial charge on any atom is 0.0972 e. The molecule has 3 nitrogen and oxygen atoms in total. The lowest BCUT2D eigenvalue weighted by Gasteiger charge is -2.27. The molecule has 1 aliphatic carbocycles. The third-order valence-electron chi connectivity index (χ3n) is 10.8. The average Bonchev–Trinajstić information content (AvgIpc) is 3.62. The molecule has 0 fully saturated rings. The highest BCUT2D eigenvalue weighted by Gasteiger charge is 2.38. The van der Waals surface area contributed by atoms with Crippen LogP contribution in [-0.4, -0.2) is 15.0 Å². The van der Waals surface area contributed by atoms with E-state index in [2.05, 4.69) is 170 Å². The number of nitrogens with zero attached hydrogens (tertiary/aromatic N) is 3. The Kier molecular flexibility index (Phi) is 6.92. The number of aromatic nitrogens is 3. The van der Waals surface area contributed by atoms with Crippen molar-refractivity contribution in [2.45, 2.75) is 16.1 Å². The lowest BCUT2D eigenvalue weighted by Crippen LogP contribution is -2.10. The van der Waals surface area contributed by atoms with Crippen molar-refractivity contribution in [2.75, 3.05) is 0 Å². The van der Waals surface area contributed by atoms with Crippen LogP contribution in [0.15, 0.2) is 175 Å². The molecule has 2 unspecified atom stereocenters. The van der Waals surface area contributed by atoms with E-state index < -0.39 is 0 Å². The van der Waals surface area contributed by atoms with Gasteiger partial charge in [-0.2, -0.15) is 0 Å². The second-order valence-electron chi connectivity index (χ2n) is 13.9. The maximum absolute atomic E-state index is 5.25. The van der Waals surface area contributed by atoms with Gasteiger partial charge in [0.15, 0.2) is 0 Å². The fourth-order valence-corrected chi connectivity index (χ4v) is 9.72. The van der Waals surface area contributed by atoms with E-state index in [1.54, 1.807) is 0 Å². The fourth-order valence-electron chi connectivity index (χ4n) is 8.21. The van der Waals surface area contributed by atoms with Gasteiger partial charge in [-0.25, -0.2) is 15.0 Å². The number of rotatable bonds is 4. The topological polar surface area (TPSA) is 38.7 Å². The van der Waals surface area contributed by atoms with Crippen molar-refractivity contribution in [1.29, 1.82) is 0 Å². The van der Waals surface area contributed by atoms with E-state index in [1.165, 1.54) is 38.1 Å². The minimum atomic E-state index is 0.281. The Labute approximate surface area is 311 Å². The zero-order valence-electron chi connectivity index (χ0n) is 28.6. The highest BCUT2D eigenvalue weighted by atomic mass is 32.2. The average molecular weight is 694 g/mol. The molecule has 0 saturated heterocycles. The minimum absolute atomic E-state index is 0.281. The first-order valence-corrected chi connectivity index (χ1v) is 19.0. The van der Waals surface area contributed by atoms with E-state index >= 15 is 0 Å². The molecule has 9 aromatic rings. The van der Waals surface area contributed by atoms with Gasteiger partial charge in [-0.15, -0.1) is 11.8 Å². The molecule has 2 atom stereocenters. The van der Waals surface area contributed by atoms with Crippen LogP contribution in [0.3, 0.4) is 0 Å². The Balaban J connectivity index is 0.971. The quantitative estimate of drug-likeness (QED) is 0.172. The van der Waals surface area contributed by atoms with Gasteiger partial charge in [0.2, 0.25) is 0 Å². The molecule has 6 aromatic carbocycles. The Morgan fingerprint density at radius 2 is 1.09 bits per heavy atom. The molecule has 248 valence electrons. The summed E-state index contributed by atoms with van der Waals surface area (Å²) < 4.78 is 0. The van der Waals surface area contributed by atoms with Gasteiger partial charge in [-0.3, -0.25) is 0 Å². The predicted molar refractivity (Wildman–Crippen MR) is 221 cm³/mol. The van der Waals surface area contributed by atoms with Crippen LogP contribution in [0.25, 0.3) is 83.7 Å². The number of benzene rings is 6. The van der Waals surface area contributed by atoms with Crippen molar-refractivity contribution >= 4 is 50.5 Å². The summed E-state index contributed by atoms with van der Waals surface area (Å²) in [4.78, 5) is 16.9. The van der Waals surface area contributed by atoms with Gasteiger partial charge in [-0.1, -0.05) is 140 Å². The summed E-state index contributed by atoms with van der Waals surface area (Å²) in [5.74, 6) is 0.281. The van der Waals surface area contributed by atoms with Crippen LogP contribution in [0.1, 0.15) is 27.9 Å². The molecule has 0 spiro atoms. The smallest absolute Gasteiger partial charge is 0.0972 e. The summed E-state index contributed by atoms with van der Waals surface area (Å²) in [6.07, 6.45) is 4.74. The molecule has 4 heterocycles. The molecular formula is C49H31N3S. The number of para-hydroxylation sites is 1. The second kappa shape index (κ2) is 12.1. The largest absolute Gasteiger partial charge is 0.247 e. The molecule has 2 aliphatic rings. The second-order valence-corrected chi connectivity index (χ2v) is 15.1. The number of hydrogen-bond donors (Lipinski definition) is 0. The molecule has 0 radical (unpaired) electrons. The van der Waals surface area contributed by atoms with Gasteiger partial charge in [0.05, 0.1) is 33.6 Å². The summed E-state index contributed by atoms with van der Waals surface area (Å²) in [6.45, 7) is 0. The Hall–Kier alpha value is -6.36. The Bertz CT molecular complexity index is 2940. The molecule has 0 amide bonds. The van der Waals surface area contributed by atoms with Crippen LogP contribution >= 0.6 is 11.8 Å². The highest BCUT2D eigenvalue weighted by molar-refractivity contribution is 8.00. The van der Waals surface area contributed by atoms with Crippen molar-refractivity contribution in [1.82, 2.24) is 15.0 Å². The molecule has 0 bridgehead atoms. The third kappa shape index (κ3) is 5.02. The minimum Gasteiger partial charge on any atom is -0.247 e. The normalized spacial score (nSPS) is 15.8. The van der Waals surface area contributed by atoms with Crippen LogP contribution < -0.4 is 0 Å². The first-order valence-electron chi connectivity index (χ1n) is 18.1. The zero-order chi connectivity index (χ0) is 34.9. The van der Waals surface area contributed by atoms with Crippen molar-refractivity contribution in [3.8, 4) is 44.9 Å². The summed E-state index contributed by atoms with van der Waals surface area (Å²) in [7, 11) is 0. The third-order valence-corrected chi connectivity index (χ3v) is 12.2. The highest BCUT2D eigenvalue weighted by Crippen LogP contribution is 2.60. The summed E-state index contributed by atoms with van der Waals surface area (Å²) in [5.41, 5.74) is 15.6. The van der Waals surface area contributed by atoms with Gasteiger partial charge < -0.3 is 0 Å². The van der Waals surface area contributed by atoms with Crippen LogP contribution in [0.2, 0.25) is 0 Å². The van der Waals surface area contributed by atoms with E-state index in [0.29, 0.717) is 0 Å². The number of thioether (sulfide) groups is 1. The van der Waals surface area contributed by atoms with E-state index in [4.69, 9.17) is 15.0 Å². The zero-order valence-corrected chi connectivity index (χ0v) is 29.5.